The average Bonchev–Trinajstić information content (AvgIpc) is 2.33. The van der Waals surface area contributed by atoms with Crippen molar-refractivity contribution >= 4 is 11.6 Å². The zero-order valence-corrected chi connectivity index (χ0v) is 11.3. The maximum absolute atomic E-state index is 13.0. The minimum Gasteiger partial charge on any atom is -0.351 e. The van der Waals surface area contributed by atoms with Gasteiger partial charge in [0.25, 0.3) is 0 Å². The summed E-state index contributed by atoms with van der Waals surface area (Å²) in [5.74, 6) is -0.542. The van der Waals surface area contributed by atoms with Crippen LogP contribution in [0.4, 0.5) is 4.39 Å². The van der Waals surface area contributed by atoms with Crippen molar-refractivity contribution in [1.82, 2.24) is 4.98 Å². The number of rotatable bonds is 7. The molecule has 0 spiro atoms. The van der Waals surface area contributed by atoms with Gasteiger partial charge in [0.05, 0.1) is 6.04 Å². The van der Waals surface area contributed by atoms with Gasteiger partial charge in [-0.3, -0.25) is 0 Å². The molecule has 1 rings (SSSR count). The number of pyridine rings is 1. The van der Waals surface area contributed by atoms with Crippen LogP contribution in [-0.4, -0.2) is 30.5 Å². The van der Waals surface area contributed by atoms with Crippen LogP contribution in [-0.2, 0) is 15.9 Å². The number of hydrogen-bond donors (Lipinski definition) is 1. The van der Waals surface area contributed by atoms with Gasteiger partial charge in [-0.15, -0.1) is 0 Å². The third-order valence-electron chi connectivity index (χ3n) is 2.32. The zero-order valence-electron chi connectivity index (χ0n) is 10.5. The second-order valence-electron chi connectivity index (χ2n) is 3.72. The van der Waals surface area contributed by atoms with Crippen molar-refractivity contribution in [2.24, 2.45) is 5.73 Å². The molecule has 0 aliphatic rings. The van der Waals surface area contributed by atoms with E-state index in [9.17, 15) is 4.39 Å². The fraction of sp³-hybridized carbons (Fsp3) is 0.583. The highest BCUT2D eigenvalue weighted by molar-refractivity contribution is 6.29. The Morgan fingerprint density at radius 2 is 1.94 bits per heavy atom. The molecule has 0 aromatic carbocycles. The van der Waals surface area contributed by atoms with E-state index in [0.29, 0.717) is 25.3 Å². The van der Waals surface area contributed by atoms with E-state index in [2.05, 4.69) is 4.98 Å². The average molecular weight is 277 g/mol. The predicted octanol–water partition coefficient (Wildman–Crippen LogP) is 2.14. The van der Waals surface area contributed by atoms with Crippen LogP contribution < -0.4 is 5.73 Å². The van der Waals surface area contributed by atoms with E-state index >= 15 is 0 Å². The molecule has 2 N–H and O–H groups in total. The minimum absolute atomic E-state index is 0.149. The molecule has 1 unspecified atom stereocenters. The van der Waals surface area contributed by atoms with Crippen LogP contribution in [0.3, 0.4) is 0 Å². The smallest absolute Gasteiger partial charge is 0.172 e. The van der Waals surface area contributed by atoms with Gasteiger partial charge in [-0.1, -0.05) is 11.6 Å². The second-order valence-corrected chi connectivity index (χ2v) is 4.08. The lowest BCUT2D eigenvalue weighted by Crippen LogP contribution is -2.40. The van der Waals surface area contributed by atoms with Crippen molar-refractivity contribution in [2.45, 2.75) is 32.6 Å². The molecule has 0 aliphatic carbocycles. The fourth-order valence-corrected chi connectivity index (χ4v) is 1.70. The largest absolute Gasteiger partial charge is 0.351 e. The Morgan fingerprint density at radius 1 is 1.33 bits per heavy atom. The molecule has 0 saturated heterocycles. The van der Waals surface area contributed by atoms with Gasteiger partial charge in [0, 0.05) is 25.3 Å². The Hall–Kier alpha value is -0.750. The predicted molar refractivity (Wildman–Crippen MR) is 67.9 cm³/mol. The third-order valence-corrected chi connectivity index (χ3v) is 2.58. The minimum atomic E-state index is -0.542. The molecule has 0 aliphatic heterocycles. The molecule has 18 heavy (non-hydrogen) atoms. The number of nitrogens with zero attached hydrogens (tertiary/aromatic N) is 1. The highest BCUT2D eigenvalue weighted by Crippen LogP contribution is 2.13. The Bertz CT molecular complexity index is 373. The van der Waals surface area contributed by atoms with E-state index in [0.717, 1.165) is 0 Å². The molecule has 0 amide bonds. The van der Waals surface area contributed by atoms with Crippen molar-refractivity contribution in [2.75, 3.05) is 13.2 Å². The molecule has 0 fully saturated rings. The van der Waals surface area contributed by atoms with Gasteiger partial charge >= 0.3 is 0 Å². The van der Waals surface area contributed by atoms with E-state index in [1.807, 2.05) is 13.8 Å². The molecule has 1 atom stereocenters. The lowest BCUT2D eigenvalue weighted by atomic mass is 10.1. The van der Waals surface area contributed by atoms with Crippen LogP contribution in [0.15, 0.2) is 12.1 Å². The molecule has 0 bridgehead atoms. The maximum Gasteiger partial charge on any atom is 0.172 e. The topological polar surface area (TPSA) is 57.4 Å². The van der Waals surface area contributed by atoms with Crippen LogP contribution in [0, 0.1) is 5.82 Å². The molecule has 4 nitrogen and oxygen atoms in total. The number of nitrogens with two attached hydrogens (primary N) is 1. The SMILES string of the molecule is CCOC(OCC)C(N)Cc1ccc(F)c(Cl)n1. The van der Waals surface area contributed by atoms with Crippen LogP contribution in [0.2, 0.25) is 5.15 Å². The summed E-state index contributed by atoms with van der Waals surface area (Å²) in [6.45, 7) is 4.75. The number of hydrogen-bond acceptors (Lipinski definition) is 4. The van der Waals surface area contributed by atoms with Crippen LogP contribution >= 0.6 is 11.6 Å². The van der Waals surface area contributed by atoms with E-state index in [4.69, 9.17) is 26.8 Å². The van der Waals surface area contributed by atoms with Gasteiger partial charge in [-0.25, -0.2) is 9.37 Å². The van der Waals surface area contributed by atoms with E-state index < -0.39 is 12.1 Å². The highest BCUT2D eigenvalue weighted by atomic mass is 35.5. The maximum atomic E-state index is 13.0. The molecule has 1 aromatic rings. The van der Waals surface area contributed by atoms with Crippen LogP contribution in [0.25, 0.3) is 0 Å². The summed E-state index contributed by atoms with van der Waals surface area (Å²) >= 11 is 5.61. The van der Waals surface area contributed by atoms with Crippen molar-refractivity contribution in [3.8, 4) is 0 Å². The number of ether oxygens (including phenoxy) is 2. The van der Waals surface area contributed by atoms with Gasteiger partial charge < -0.3 is 15.2 Å². The Morgan fingerprint density at radius 3 is 2.44 bits per heavy atom. The normalized spacial score (nSPS) is 13.0. The number of halogens is 2. The summed E-state index contributed by atoms with van der Waals surface area (Å²) in [4.78, 5) is 3.91. The van der Waals surface area contributed by atoms with Crippen molar-refractivity contribution in [3.63, 3.8) is 0 Å². The first-order valence-electron chi connectivity index (χ1n) is 5.88. The first kappa shape index (κ1) is 15.3. The van der Waals surface area contributed by atoms with Gasteiger partial charge in [0.15, 0.2) is 17.3 Å². The molecule has 0 saturated carbocycles. The van der Waals surface area contributed by atoms with Crippen molar-refractivity contribution < 1.29 is 13.9 Å². The molecule has 0 radical (unpaired) electrons. The summed E-state index contributed by atoms with van der Waals surface area (Å²) in [6.07, 6.45) is -0.0874. The van der Waals surface area contributed by atoms with Crippen molar-refractivity contribution in [1.29, 1.82) is 0 Å². The van der Waals surface area contributed by atoms with Gasteiger partial charge in [0.2, 0.25) is 0 Å². The Labute approximate surface area is 111 Å². The fourth-order valence-electron chi connectivity index (χ4n) is 1.53. The molecule has 102 valence electrons. The molecule has 6 heteroatoms. The molecule has 1 aromatic heterocycles. The van der Waals surface area contributed by atoms with Crippen LogP contribution in [0.5, 0.6) is 0 Å². The molecular weight excluding hydrogens is 259 g/mol. The third kappa shape index (κ3) is 4.49. The monoisotopic (exact) mass is 276 g/mol. The quantitative estimate of drug-likeness (QED) is 0.612. The van der Waals surface area contributed by atoms with Crippen molar-refractivity contribution in [3.05, 3.63) is 28.8 Å². The summed E-state index contributed by atoms with van der Waals surface area (Å²) in [5.41, 5.74) is 6.59. The summed E-state index contributed by atoms with van der Waals surface area (Å²) in [5, 5.41) is -0.149. The summed E-state index contributed by atoms with van der Waals surface area (Å²) in [6, 6.07) is 2.45. The standard InChI is InChI=1S/C12H18ClFN2O2/c1-3-17-12(18-4-2)10(15)7-8-5-6-9(14)11(13)16-8/h5-6,10,12H,3-4,7,15H2,1-2H3. The Kier molecular flexibility index (Phi) is 6.49. The zero-order chi connectivity index (χ0) is 13.5. The van der Waals surface area contributed by atoms with Gasteiger partial charge in [0.1, 0.15) is 0 Å². The lowest BCUT2D eigenvalue weighted by molar-refractivity contribution is -0.148. The number of aromatic nitrogens is 1. The summed E-state index contributed by atoms with van der Waals surface area (Å²) in [7, 11) is 0. The van der Waals surface area contributed by atoms with Gasteiger partial charge in [-0.05, 0) is 26.0 Å². The molecule has 1 heterocycles. The van der Waals surface area contributed by atoms with E-state index in [1.54, 1.807) is 6.07 Å². The second kappa shape index (κ2) is 7.63. The summed E-state index contributed by atoms with van der Waals surface area (Å²) < 4.78 is 23.7. The lowest BCUT2D eigenvalue weighted by Gasteiger charge is -2.23. The Balaban J connectivity index is 2.66. The van der Waals surface area contributed by atoms with E-state index in [1.165, 1.54) is 6.07 Å². The first-order valence-corrected chi connectivity index (χ1v) is 6.26. The van der Waals surface area contributed by atoms with E-state index in [-0.39, 0.29) is 11.2 Å². The highest BCUT2D eigenvalue weighted by Gasteiger charge is 2.19. The van der Waals surface area contributed by atoms with Crippen LogP contribution in [0.1, 0.15) is 19.5 Å². The molecular formula is C12H18ClFN2O2. The first-order chi connectivity index (χ1) is 8.58. The van der Waals surface area contributed by atoms with Gasteiger partial charge in [-0.2, -0.15) is 0 Å².